The number of carbonyl (C=O) groups excluding carboxylic acids is 2. The van der Waals surface area contributed by atoms with E-state index in [0.29, 0.717) is 12.2 Å². The van der Waals surface area contributed by atoms with Crippen molar-refractivity contribution in [2.75, 3.05) is 28.3 Å². The Morgan fingerprint density at radius 3 is 2.75 bits per heavy atom. The molecule has 10 heteroatoms. The van der Waals surface area contributed by atoms with Crippen LogP contribution in [0.2, 0.25) is 0 Å². The molecule has 1 aromatic carbocycles. The molecule has 2 saturated heterocycles. The number of halogens is 1. The molecule has 2 aliphatic heterocycles. The third kappa shape index (κ3) is 3.51. The van der Waals surface area contributed by atoms with Gasteiger partial charge in [-0.1, -0.05) is 12.1 Å². The van der Waals surface area contributed by atoms with Crippen molar-refractivity contribution < 1.29 is 22.4 Å². The van der Waals surface area contributed by atoms with Crippen molar-refractivity contribution in [3.8, 4) is 0 Å². The van der Waals surface area contributed by atoms with Crippen molar-refractivity contribution in [1.29, 1.82) is 0 Å². The molecule has 148 valence electrons. The highest BCUT2D eigenvalue weighted by atomic mass is 32.2. The lowest BCUT2D eigenvalue weighted by atomic mass is 10.1. The van der Waals surface area contributed by atoms with Gasteiger partial charge in [0.2, 0.25) is 11.8 Å². The van der Waals surface area contributed by atoms with Gasteiger partial charge in [0.1, 0.15) is 11.6 Å². The number of aromatic nitrogens is 2. The van der Waals surface area contributed by atoms with Gasteiger partial charge < -0.3 is 10.2 Å². The Kier molecular flexibility index (Phi) is 4.66. The first-order valence-corrected chi connectivity index (χ1v) is 10.8. The SMILES string of the molecule is O=C(Nc1ccnn1[C@@H]1CCS(=O)(=O)C1)[C@@H]1CC(=O)N(c2ccccc2F)C1. The Labute approximate surface area is 161 Å². The van der Waals surface area contributed by atoms with Gasteiger partial charge in [0.25, 0.3) is 0 Å². The van der Waals surface area contributed by atoms with E-state index in [4.69, 9.17) is 0 Å². The summed E-state index contributed by atoms with van der Waals surface area (Å²) in [6.45, 7) is 0.0809. The number of rotatable bonds is 4. The first-order chi connectivity index (χ1) is 13.3. The van der Waals surface area contributed by atoms with Gasteiger partial charge >= 0.3 is 0 Å². The molecule has 2 aromatic rings. The molecular formula is C18H19FN4O4S. The van der Waals surface area contributed by atoms with E-state index in [2.05, 4.69) is 10.4 Å². The van der Waals surface area contributed by atoms with Crippen LogP contribution < -0.4 is 10.2 Å². The molecule has 0 radical (unpaired) electrons. The summed E-state index contributed by atoms with van der Waals surface area (Å²) in [6, 6.07) is 7.21. The van der Waals surface area contributed by atoms with Gasteiger partial charge in [-0.25, -0.2) is 17.5 Å². The second kappa shape index (κ2) is 7.01. The van der Waals surface area contributed by atoms with Gasteiger partial charge in [-0.3, -0.25) is 9.59 Å². The number of carbonyl (C=O) groups is 2. The lowest BCUT2D eigenvalue weighted by Gasteiger charge is -2.18. The van der Waals surface area contributed by atoms with E-state index in [1.54, 1.807) is 12.1 Å². The van der Waals surface area contributed by atoms with Crippen molar-refractivity contribution in [2.24, 2.45) is 5.92 Å². The van der Waals surface area contributed by atoms with Crippen LogP contribution in [0, 0.1) is 11.7 Å². The lowest BCUT2D eigenvalue weighted by Crippen LogP contribution is -2.29. The first kappa shape index (κ1) is 18.6. The van der Waals surface area contributed by atoms with E-state index in [1.807, 2.05) is 0 Å². The molecule has 4 rings (SSSR count). The molecule has 28 heavy (non-hydrogen) atoms. The fourth-order valence-corrected chi connectivity index (χ4v) is 5.38. The minimum absolute atomic E-state index is 0.0134. The summed E-state index contributed by atoms with van der Waals surface area (Å²) in [5.41, 5.74) is 0.156. The predicted octanol–water partition coefficient (Wildman–Crippen LogP) is 1.37. The molecule has 1 N–H and O–H groups in total. The van der Waals surface area contributed by atoms with Crippen LogP contribution in [0.1, 0.15) is 18.9 Å². The average molecular weight is 406 g/mol. The van der Waals surface area contributed by atoms with Gasteiger partial charge in [-0.15, -0.1) is 0 Å². The maximum Gasteiger partial charge on any atom is 0.230 e. The van der Waals surface area contributed by atoms with Crippen LogP contribution in [0.4, 0.5) is 15.9 Å². The molecule has 0 bridgehead atoms. The smallest absolute Gasteiger partial charge is 0.230 e. The zero-order valence-electron chi connectivity index (χ0n) is 14.9. The van der Waals surface area contributed by atoms with Crippen LogP contribution in [0.5, 0.6) is 0 Å². The molecule has 2 atom stereocenters. The molecule has 2 aliphatic rings. The van der Waals surface area contributed by atoms with Crippen LogP contribution in [0.15, 0.2) is 36.5 Å². The lowest BCUT2D eigenvalue weighted by molar-refractivity contribution is -0.122. The monoisotopic (exact) mass is 406 g/mol. The quantitative estimate of drug-likeness (QED) is 0.827. The van der Waals surface area contributed by atoms with E-state index in [1.165, 1.54) is 34.0 Å². The fraction of sp³-hybridized carbons (Fsp3) is 0.389. The Balaban J connectivity index is 1.46. The Morgan fingerprint density at radius 1 is 1.25 bits per heavy atom. The summed E-state index contributed by atoms with van der Waals surface area (Å²) >= 11 is 0. The summed E-state index contributed by atoms with van der Waals surface area (Å²) in [5, 5.41) is 6.88. The summed E-state index contributed by atoms with van der Waals surface area (Å²) in [6.07, 6.45) is 1.91. The van der Waals surface area contributed by atoms with Crippen molar-refractivity contribution in [3.05, 3.63) is 42.3 Å². The molecule has 0 saturated carbocycles. The van der Waals surface area contributed by atoms with Crippen molar-refractivity contribution in [1.82, 2.24) is 9.78 Å². The highest BCUT2D eigenvalue weighted by Crippen LogP contribution is 2.29. The van der Waals surface area contributed by atoms with Gasteiger partial charge in [0, 0.05) is 19.0 Å². The third-order valence-corrected chi connectivity index (χ3v) is 6.87. The normalized spacial score (nSPS) is 23.9. The summed E-state index contributed by atoms with van der Waals surface area (Å²) in [7, 11) is -3.09. The van der Waals surface area contributed by atoms with Gasteiger partial charge in [0.05, 0.1) is 35.3 Å². The van der Waals surface area contributed by atoms with E-state index in [-0.39, 0.29) is 48.0 Å². The molecule has 2 amide bonds. The molecule has 0 spiro atoms. The number of hydrogen-bond acceptors (Lipinski definition) is 5. The Morgan fingerprint density at radius 2 is 2.04 bits per heavy atom. The number of sulfone groups is 1. The summed E-state index contributed by atoms with van der Waals surface area (Å²) in [4.78, 5) is 26.2. The molecule has 2 fully saturated rings. The zero-order chi connectivity index (χ0) is 19.9. The Hall–Kier alpha value is -2.75. The van der Waals surface area contributed by atoms with Crippen LogP contribution >= 0.6 is 0 Å². The van der Waals surface area contributed by atoms with E-state index >= 15 is 0 Å². The van der Waals surface area contributed by atoms with Gasteiger partial charge in [-0.05, 0) is 18.6 Å². The fourth-order valence-electron chi connectivity index (χ4n) is 3.69. The molecule has 1 aromatic heterocycles. The zero-order valence-corrected chi connectivity index (χ0v) is 15.7. The third-order valence-electron chi connectivity index (χ3n) is 5.11. The highest BCUT2D eigenvalue weighted by molar-refractivity contribution is 7.91. The molecule has 3 heterocycles. The average Bonchev–Trinajstić information content (AvgIpc) is 3.34. The van der Waals surface area contributed by atoms with E-state index in [9.17, 15) is 22.4 Å². The van der Waals surface area contributed by atoms with Crippen LogP contribution in [-0.4, -0.2) is 48.1 Å². The number of nitrogens with one attached hydrogen (secondary N) is 1. The number of para-hydroxylation sites is 1. The number of amides is 2. The second-order valence-electron chi connectivity index (χ2n) is 7.06. The number of anilines is 2. The summed E-state index contributed by atoms with van der Waals surface area (Å²) < 4.78 is 38.9. The van der Waals surface area contributed by atoms with Gasteiger partial charge in [0.15, 0.2) is 9.84 Å². The van der Waals surface area contributed by atoms with E-state index < -0.39 is 21.6 Å². The van der Waals surface area contributed by atoms with E-state index in [0.717, 1.165) is 0 Å². The predicted molar refractivity (Wildman–Crippen MR) is 100 cm³/mol. The minimum Gasteiger partial charge on any atom is -0.311 e. The first-order valence-electron chi connectivity index (χ1n) is 8.94. The largest absolute Gasteiger partial charge is 0.311 e. The van der Waals surface area contributed by atoms with Crippen LogP contribution in [0.25, 0.3) is 0 Å². The Bertz CT molecular complexity index is 1040. The van der Waals surface area contributed by atoms with Crippen LogP contribution in [0.3, 0.4) is 0 Å². The molecule has 8 nitrogen and oxygen atoms in total. The highest BCUT2D eigenvalue weighted by Gasteiger charge is 2.37. The van der Waals surface area contributed by atoms with Crippen LogP contribution in [-0.2, 0) is 19.4 Å². The second-order valence-corrected chi connectivity index (χ2v) is 9.29. The number of nitrogens with zero attached hydrogens (tertiary/aromatic N) is 3. The standard InChI is InChI=1S/C18H19FN4O4S/c19-14-3-1-2-4-15(14)22-10-12(9-17(22)24)18(25)21-16-5-7-20-23(16)13-6-8-28(26,27)11-13/h1-5,7,12-13H,6,8-11H2,(H,21,25)/t12-,13-/m1/s1. The topological polar surface area (TPSA) is 101 Å². The minimum atomic E-state index is -3.09. The molecular weight excluding hydrogens is 387 g/mol. The maximum absolute atomic E-state index is 14.0. The molecule has 0 aliphatic carbocycles. The van der Waals surface area contributed by atoms with Crippen molar-refractivity contribution in [2.45, 2.75) is 18.9 Å². The van der Waals surface area contributed by atoms with Gasteiger partial charge in [-0.2, -0.15) is 5.10 Å². The number of hydrogen-bond donors (Lipinski definition) is 1. The maximum atomic E-state index is 14.0. The number of benzene rings is 1. The van der Waals surface area contributed by atoms with Crippen molar-refractivity contribution in [3.63, 3.8) is 0 Å². The summed E-state index contributed by atoms with van der Waals surface area (Å²) in [5.74, 6) is -1.38. The van der Waals surface area contributed by atoms with Crippen molar-refractivity contribution >= 4 is 33.2 Å². The molecule has 0 unspecified atom stereocenters.